The standard InChI is InChI=1S/C26H16ClN/c27-20-11-14-24-23(16-20)26-22-8-4-3-6-18(22)10-13-25(26)28(24)21-12-9-17-5-1-2-7-19(17)15-21/h1-16H. The Morgan fingerprint density at radius 3 is 2.14 bits per heavy atom. The second-order valence-corrected chi connectivity index (χ2v) is 7.65. The van der Waals surface area contributed by atoms with Gasteiger partial charge >= 0.3 is 0 Å². The number of halogens is 1. The van der Waals surface area contributed by atoms with Crippen LogP contribution in [0.5, 0.6) is 0 Å². The highest BCUT2D eigenvalue weighted by Gasteiger charge is 2.15. The lowest BCUT2D eigenvalue weighted by Gasteiger charge is -2.09. The van der Waals surface area contributed by atoms with Gasteiger partial charge in [0, 0.05) is 21.5 Å². The van der Waals surface area contributed by atoms with Gasteiger partial charge in [-0.05, 0) is 57.9 Å². The van der Waals surface area contributed by atoms with E-state index in [1.807, 2.05) is 6.07 Å². The van der Waals surface area contributed by atoms with Crippen molar-refractivity contribution < 1.29 is 0 Å². The third-order valence-electron chi connectivity index (χ3n) is 5.61. The average Bonchev–Trinajstić information content (AvgIpc) is 3.07. The van der Waals surface area contributed by atoms with Gasteiger partial charge in [-0.3, -0.25) is 0 Å². The number of hydrogen-bond donors (Lipinski definition) is 0. The van der Waals surface area contributed by atoms with Crippen LogP contribution >= 0.6 is 11.6 Å². The Bertz CT molecular complexity index is 1520. The van der Waals surface area contributed by atoms with Gasteiger partial charge in [0.2, 0.25) is 0 Å². The van der Waals surface area contributed by atoms with E-state index >= 15 is 0 Å². The molecule has 0 aliphatic carbocycles. The quantitative estimate of drug-likeness (QED) is 0.276. The summed E-state index contributed by atoms with van der Waals surface area (Å²) in [4.78, 5) is 0. The van der Waals surface area contributed by atoms with E-state index in [1.165, 1.54) is 43.4 Å². The Labute approximate surface area is 167 Å². The van der Waals surface area contributed by atoms with Gasteiger partial charge in [0.05, 0.1) is 11.0 Å². The van der Waals surface area contributed by atoms with Gasteiger partial charge in [0.1, 0.15) is 0 Å². The van der Waals surface area contributed by atoms with E-state index in [1.54, 1.807) is 0 Å². The molecule has 0 amide bonds. The van der Waals surface area contributed by atoms with Gasteiger partial charge in [-0.15, -0.1) is 0 Å². The number of rotatable bonds is 1. The largest absolute Gasteiger partial charge is 0.309 e. The maximum absolute atomic E-state index is 6.39. The van der Waals surface area contributed by atoms with Gasteiger partial charge in [-0.2, -0.15) is 0 Å². The predicted molar refractivity (Wildman–Crippen MR) is 121 cm³/mol. The van der Waals surface area contributed by atoms with Crippen LogP contribution in [0.15, 0.2) is 97.1 Å². The summed E-state index contributed by atoms with van der Waals surface area (Å²) >= 11 is 6.39. The first kappa shape index (κ1) is 15.7. The van der Waals surface area contributed by atoms with E-state index < -0.39 is 0 Å². The minimum absolute atomic E-state index is 0.762. The molecule has 6 aromatic rings. The van der Waals surface area contributed by atoms with Crippen LogP contribution in [0.25, 0.3) is 49.0 Å². The summed E-state index contributed by atoms with van der Waals surface area (Å²) in [5.41, 5.74) is 3.54. The van der Waals surface area contributed by atoms with Crippen LogP contribution in [0.4, 0.5) is 0 Å². The summed E-state index contributed by atoms with van der Waals surface area (Å²) in [6.45, 7) is 0. The van der Waals surface area contributed by atoms with Crippen LogP contribution < -0.4 is 0 Å². The van der Waals surface area contributed by atoms with Crippen molar-refractivity contribution in [1.82, 2.24) is 4.57 Å². The van der Waals surface area contributed by atoms with Crippen LogP contribution in [0.1, 0.15) is 0 Å². The van der Waals surface area contributed by atoms with Crippen molar-refractivity contribution in [3.05, 3.63) is 102 Å². The molecule has 0 aliphatic rings. The van der Waals surface area contributed by atoms with Gasteiger partial charge in [0.25, 0.3) is 0 Å². The van der Waals surface area contributed by atoms with Crippen molar-refractivity contribution in [1.29, 1.82) is 0 Å². The zero-order valence-electron chi connectivity index (χ0n) is 15.1. The molecule has 6 rings (SSSR count). The fraction of sp³-hybridized carbons (Fsp3) is 0. The van der Waals surface area contributed by atoms with Crippen molar-refractivity contribution >= 4 is 55.0 Å². The molecule has 2 heteroatoms. The highest BCUT2D eigenvalue weighted by Crippen LogP contribution is 2.38. The van der Waals surface area contributed by atoms with Gasteiger partial charge in [-0.1, -0.05) is 72.3 Å². The molecular weight excluding hydrogens is 362 g/mol. The third-order valence-corrected chi connectivity index (χ3v) is 5.84. The van der Waals surface area contributed by atoms with E-state index in [2.05, 4.69) is 95.6 Å². The summed E-state index contributed by atoms with van der Waals surface area (Å²) < 4.78 is 2.35. The lowest BCUT2D eigenvalue weighted by Crippen LogP contribution is -1.93. The van der Waals surface area contributed by atoms with Crippen molar-refractivity contribution in [2.75, 3.05) is 0 Å². The lowest BCUT2D eigenvalue weighted by molar-refractivity contribution is 1.19. The van der Waals surface area contributed by atoms with E-state index in [0.29, 0.717) is 0 Å². The minimum Gasteiger partial charge on any atom is -0.309 e. The topological polar surface area (TPSA) is 4.93 Å². The van der Waals surface area contributed by atoms with Crippen molar-refractivity contribution in [3.63, 3.8) is 0 Å². The van der Waals surface area contributed by atoms with Crippen LogP contribution in [-0.2, 0) is 0 Å². The zero-order valence-corrected chi connectivity index (χ0v) is 15.8. The fourth-order valence-electron chi connectivity index (χ4n) is 4.36. The molecule has 0 radical (unpaired) electrons. The summed E-state index contributed by atoms with van der Waals surface area (Å²) in [7, 11) is 0. The van der Waals surface area contributed by atoms with E-state index in [0.717, 1.165) is 10.7 Å². The van der Waals surface area contributed by atoms with E-state index in [4.69, 9.17) is 11.6 Å². The molecule has 0 bridgehead atoms. The second kappa shape index (κ2) is 5.85. The molecule has 0 saturated heterocycles. The van der Waals surface area contributed by atoms with Crippen molar-refractivity contribution in [2.45, 2.75) is 0 Å². The molecule has 28 heavy (non-hydrogen) atoms. The fourth-order valence-corrected chi connectivity index (χ4v) is 4.53. The molecule has 0 unspecified atom stereocenters. The number of fused-ring (bicyclic) bond motifs is 6. The Kier molecular flexibility index (Phi) is 3.29. The van der Waals surface area contributed by atoms with E-state index in [-0.39, 0.29) is 0 Å². The molecule has 0 saturated carbocycles. The molecule has 0 atom stereocenters. The Balaban J connectivity index is 1.81. The van der Waals surface area contributed by atoms with Crippen LogP contribution in [-0.4, -0.2) is 4.57 Å². The SMILES string of the molecule is Clc1ccc2c(c1)c1c3ccccc3ccc1n2-c1ccc2ccccc2c1. The number of nitrogens with zero attached hydrogens (tertiary/aromatic N) is 1. The van der Waals surface area contributed by atoms with Crippen LogP contribution in [0.2, 0.25) is 5.02 Å². The van der Waals surface area contributed by atoms with Crippen molar-refractivity contribution in [2.24, 2.45) is 0 Å². The number of hydrogen-bond acceptors (Lipinski definition) is 0. The summed E-state index contributed by atoms with van der Waals surface area (Å²) in [5, 5.41) is 8.19. The smallest absolute Gasteiger partial charge is 0.0547 e. The highest BCUT2D eigenvalue weighted by molar-refractivity contribution is 6.32. The van der Waals surface area contributed by atoms with E-state index in [9.17, 15) is 0 Å². The normalized spacial score (nSPS) is 11.8. The molecule has 1 heterocycles. The minimum atomic E-state index is 0.762. The molecule has 1 aromatic heterocycles. The molecule has 132 valence electrons. The van der Waals surface area contributed by atoms with Crippen LogP contribution in [0.3, 0.4) is 0 Å². The first-order valence-electron chi connectivity index (χ1n) is 9.40. The molecular formula is C26H16ClN. The maximum atomic E-state index is 6.39. The van der Waals surface area contributed by atoms with Crippen molar-refractivity contribution in [3.8, 4) is 5.69 Å². The molecule has 0 N–H and O–H groups in total. The Morgan fingerprint density at radius 2 is 1.25 bits per heavy atom. The van der Waals surface area contributed by atoms with Gasteiger partial charge in [0.15, 0.2) is 0 Å². The maximum Gasteiger partial charge on any atom is 0.0547 e. The molecule has 0 fully saturated rings. The van der Waals surface area contributed by atoms with Gasteiger partial charge < -0.3 is 4.57 Å². The lowest BCUT2D eigenvalue weighted by atomic mass is 10.0. The summed E-state index contributed by atoms with van der Waals surface area (Å²) in [5.74, 6) is 0. The first-order valence-corrected chi connectivity index (χ1v) is 9.78. The molecule has 1 nitrogen and oxygen atoms in total. The van der Waals surface area contributed by atoms with Crippen LogP contribution in [0, 0.1) is 0 Å². The Hall–Kier alpha value is -3.29. The monoisotopic (exact) mass is 377 g/mol. The molecule has 5 aromatic carbocycles. The molecule has 0 aliphatic heterocycles. The summed E-state index contributed by atoms with van der Waals surface area (Å²) in [6.07, 6.45) is 0. The highest BCUT2D eigenvalue weighted by atomic mass is 35.5. The first-order chi connectivity index (χ1) is 13.8. The zero-order chi connectivity index (χ0) is 18.7. The second-order valence-electron chi connectivity index (χ2n) is 7.21. The Morgan fingerprint density at radius 1 is 0.536 bits per heavy atom. The number of benzene rings is 5. The average molecular weight is 378 g/mol. The third kappa shape index (κ3) is 2.20. The van der Waals surface area contributed by atoms with Gasteiger partial charge in [-0.25, -0.2) is 0 Å². The molecule has 0 spiro atoms. The number of aromatic nitrogens is 1. The summed E-state index contributed by atoms with van der Waals surface area (Å²) in [6, 6.07) is 34.3. The predicted octanol–water partition coefficient (Wildman–Crippen LogP) is 7.74.